The highest BCUT2D eigenvalue weighted by atomic mass is 35.5. The fourth-order valence-electron chi connectivity index (χ4n) is 3.44. The summed E-state index contributed by atoms with van der Waals surface area (Å²) < 4.78 is 30.0. The van der Waals surface area contributed by atoms with Crippen LogP contribution in [0.2, 0.25) is 5.02 Å². The standard InChI is InChI=1S/C20H19ClN4O4S/c21-16-10-7-14(20(26)27)12-17(16)30(28,29)24-15-8-5-13(6-9-15)19-23-22-18-4-2-1-3-11-25(18)19/h5-10,12,24H,1-4,11H2,(H,26,27). The summed E-state index contributed by atoms with van der Waals surface area (Å²) in [6.07, 6.45) is 4.24. The summed E-state index contributed by atoms with van der Waals surface area (Å²) in [5.41, 5.74) is 0.998. The molecule has 1 aliphatic rings. The van der Waals surface area contributed by atoms with Gasteiger partial charge in [-0.25, -0.2) is 13.2 Å². The first-order chi connectivity index (χ1) is 14.3. The van der Waals surface area contributed by atoms with Crippen molar-refractivity contribution in [3.8, 4) is 11.4 Å². The van der Waals surface area contributed by atoms with Crippen LogP contribution in [0.25, 0.3) is 11.4 Å². The third-order valence-electron chi connectivity index (χ3n) is 4.97. The third kappa shape index (κ3) is 4.03. The second-order valence-corrected chi connectivity index (χ2v) is 9.09. The Balaban J connectivity index is 1.59. The van der Waals surface area contributed by atoms with Crippen molar-refractivity contribution in [2.75, 3.05) is 4.72 Å². The number of nitrogens with one attached hydrogen (secondary N) is 1. The number of hydrogen-bond donors (Lipinski definition) is 2. The van der Waals surface area contributed by atoms with Crippen LogP contribution < -0.4 is 4.72 Å². The highest BCUT2D eigenvalue weighted by Crippen LogP contribution is 2.27. The first-order valence-corrected chi connectivity index (χ1v) is 11.3. The molecule has 0 unspecified atom stereocenters. The van der Waals surface area contributed by atoms with E-state index in [-0.39, 0.29) is 15.5 Å². The smallest absolute Gasteiger partial charge is 0.335 e. The van der Waals surface area contributed by atoms with Crippen molar-refractivity contribution in [2.45, 2.75) is 37.1 Å². The van der Waals surface area contributed by atoms with E-state index < -0.39 is 16.0 Å². The van der Waals surface area contributed by atoms with Gasteiger partial charge < -0.3 is 9.67 Å². The van der Waals surface area contributed by atoms with Gasteiger partial charge in [-0.2, -0.15) is 0 Å². The molecule has 10 heteroatoms. The van der Waals surface area contributed by atoms with E-state index in [1.165, 1.54) is 12.1 Å². The van der Waals surface area contributed by atoms with Gasteiger partial charge in [0.25, 0.3) is 10.0 Å². The molecule has 2 aromatic carbocycles. The molecule has 1 aromatic heterocycles. The van der Waals surface area contributed by atoms with E-state index in [0.717, 1.165) is 55.5 Å². The first-order valence-electron chi connectivity index (χ1n) is 9.43. The number of anilines is 1. The van der Waals surface area contributed by atoms with E-state index >= 15 is 0 Å². The molecule has 1 aliphatic heterocycles. The number of aromatic carboxylic acids is 1. The number of aromatic nitrogens is 3. The highest BCUT2D eigenvalue weighted by Gasteiger charge is 2.21. The number of hydrogen-bond acceptors (Lipinski definition) is 5. The number of halogens is 1. The van der Waals surface area contributed by atoms with Crippen LogP contribution in [0.3, 0.4) is 0 Å². The van der Waals surface area contributed by atoms with E-state index in [1.807, 2.05) is 0 Å². The van der Waals surface area contributed by atoms with E-state index in [4.69, 9.17) is 16.7 Å². The lowest BCUT2D eigenvalue weighted by molar-refractivity contribution is 0.0696. The fraction of sp³-hybridized carbons (Fsp3) is 0.250. The minimum Gasteiger partial charge on any atom is -0.478 e. The van der Waals surface area contributed by atoms with Crippen LogP contribution in [0.1, 0.15) is 35.4 Å². The van der Waals surface area contributed by atoms with Gasteiger partial charge >= 0.3 is 5.97 Å². The molecule has 3 aromatic rings. The zero-order valence-corrected chi connectivity index (χ0v) is 17.4. The molecule has 0 amide bonds. The summed E-state index contributed by atoms with van der Waals surface area (Å²) in [5, 5.41) is 17.6. The van der Waals surface area contributed by atoms with E-state index in [0.29, 0.717) is 5.69 Å². The summed E-state index contributed by atoms with van der Waals surface area (Å²) >= 11 is 6.00. The molecule has 0 bridgehead atoms. The molecule has 2 heterocycles. The Kier molecular flexibility index (Phi) is 5.48. The zero-order valence-electron chi connectivity index (χ0n) is 15.9. The van der Waals surface area contributed by atoms with Crippen LogP contribution in [-0.2, 0) is 23.0 Å². The van der Waals surface area contributed by atoms with Gasteiger partial charge in [-0.1, -0.05) is 18.0 Å². The van der Waals surface area contributed by atoms with E-state index in [2.05, 4.69) is 19.5 Å². The number of carboxylic acids is 1. The van der Waals surface area contributed by atoms with Crippen molar-refractivity contribution in [1.82, 2.24) is 14.8 Å². The largest absolute Gasteiger partial charge is 0.478 e. The first kappa shape index (κ1) is 20.4. The van der Waals surface area contributed by atoms with Crippen LogP contribution in [0.5, 0.6) is 0 Å². The number of nitrogens with zero attached hydrogens (tertiary/aromatic N) is 3. The van der Waals surface area contributed by atoms with Crippen LogP contribution in [0.15, 0.2) is 47.4 Å². The number of benzene rings is 2. The maximum atomic E-state index is 12.7. The van der Waals surface area contributed by atoms with Gasteiger partial charge in [-0.15, -0.1) is 10.2 Å². The van der Waals surface area contributed by atoms with Crippen LogP contribution in [0.4, 0.5) is 5.69 Å². The summed E-state index contributed by atoms with van der Waals surface area (Å²) in [6.45, 7) is 0.866. The van der Waals surface area contributed by atoms with Gasteiger partial charge in [0.05, 0.1) is 10.6 Å². The fourth-order valence-corrected chi connectivity index (χ4v) is 5.02. The van der Waals surface area contributed by atoms with Gasteiger partial charge in [-0.3, -0.25) is 4.72 Å². The number of fused-ring (bicyclic) bond motifs is 1. The second kappa shape index (κ2) is 8.08. The quantitative estimate of drug-likeness (QED) is 0.615. The molecule has 156 valence electrons. The van der Waals surface area contributed by atoms with Gasteiger partial charge in [0.15, 0.2) is 5.82 Å². The molecule has 8 nitrogen and oxygen atoms in total. The average Bonchev–Trinajstić information content (AvgIpc) is 2.96. The van der Waals surface area contributed by atoms with Gasteiger partial charge in [0.2, 0.25) is 0 Å². The van der Waals surface area contributed by atoms with E-state index in [9.17, 15) is 13.2 Å². The molecule has 4 rings (SSSR count). The Hall–Kier alpha value is -2.91. The van der Waals surface area contributed by atoms with Crippen LogP contribution in [0, 0.1) is 0 Å². The Morgan fingerprint density at radius 3 is 2.57 bits per heavy atom. The Morgan fingerprint density at radius 2 is 1.83 bits per heavy atom. The molecule has 0 spiro atoms. The highest BCUT2D eigenvalue weighted by molar-refractivity contribution is 7.92. The molecule has 0 atom stereocenters. The molecular weight excluding hydrogens is 428 g/mol. The maximum Gasteiger partial charge on any atom is 0.335 e. The second-order valence-electron chi connectivity index (χ2n) is 7.04. The van der Waals surface area contributed by atoms with Crippen molar-refractivity contribution in [3.63, 3.8) is 0 Å². The number of carbonyl (C=O) groups is 1. The SMILES string of the molecule is O=C(O)c1ccc(Cl)c(S(=O)(=O)Nc2ccc(-c3nnc4n3CCCCC4)cc2)c1. The third-order valence-corrected chi connectivity index (χ3v) is 6.84. The Labute approximate surface area is 178 Å². The predicted molar refractivity (Wildman–Crippen MR) is 112 cm³/mol. The minimum absolute atomic E-state index is 0.0599. The molecule has 0 radical (unpaired) electrons. The molecule has 0 saturated carbocycles. The van der Waals surface area contributed by atoms with E-state index in [1.54, 1.807) is 24.3 Å². The summed E-state index contributed by atoms with van der Waals surface area (Å²) in [6, 6.07) is 10.3. The molecule has 30 heavy (non-hydrogen) atoms. The van der Waals surface area contributed by atoms with Crippen molar-refractivity contribution in [1.29, 1.82) is 0 Å². The minimum atomic E-state index is -4.06. The zero-order chi connectivity index (χ0) is 21.3. The number of sulfonamides is 1. The average molecular weight is 447 g/mol. The molecule has 0 fully saturated rings. The van der Waals surface area contributed by atoms with Gasteiger partial charge in [0.1, 0.15) is 10.7 Å². The lowest BCUT2D eigenvalue weighted by Gasteiger charge is -2.11. The Morgan fingerprint density at radius 1 is 1.07 bits per heavy atom. The monoisotopic (exact) mass is 446 g/mol. The number of aryl methyl sites for hydroxylation is 1. The van der Waals surface area contributed by atoms with Crippen LogP contribution >= 0.6 is 11.6 Å². The van der Waals surface area contributed by atoms with Gasteiger partial charge in [-0.05, 0) is 55.3 Å². The maximum absolute atomic E-state index is 12.7. The normalized spacial score (nSPS) is 14.0. The lowest BCUT2D eigenvalue weighted by atomic mass is 10.2. The lowest BCUT2D eigenvalue weighted by Crippen LogP contribution is -2.14. The number of rotatable bonds is 5. The summed E-state index contributed by atoms with van der Waals surface area (Å²) in [7, 11) is -4.06. The molecule has 0 aliphatic carbocycles. The topological polar surface area (TPSA) is 114 Å². The van der Waals surface area contributed by atoms with Crippen molar-refractivity contribution >= 4 is 33.3 Å². The predicted octanol–water partition coefficient (Wildman–Crippen LogP) is 3.82. The van der Waals surface area contributed by atoms with Crippen molar-refractivity contribution in [3.05, 3.63) is 58.9 Å². The number of carboxylic acid groups (broad SMARTS) is 1. The molecule has 2 N–H and O–H groups in total. The van der Waals surface area contributed by atoms with Crippen molar-refractivity contribution < 1.29 is 18.3 Å². The van der Waals surface area contributed by atoms with Crippen LogP contribution in [-0.4, -0.2) is 34.3 Å². The molecule has 0 saturated heterocycles. The molecular formula is C20H19ClN4O4S. The summed E-state index contributed by atoms with van der Waals surface area (Å²) in [4.78, 5) is 10.9. The van der Waals surface area contributed by atoms with Gasteiger partial charge in [0, 0.05) is 24.2 Å². The summed E-state index contributed by atoms with van der Waals surface area (Å²) in [5.74, 6) is 0.499. The Bertz CT molecular complexity index is 1210. The van der Waals surface area contributed by atoms with Crippen molar-refractivity contribution in [2.24, 2.45) is 0 Å².